The van der Waals surface area contributed by atoms with Gasteiger partial charge in [-0.3, -0.25) is 0 Å². The van der Waals surface area contributed by atoms with Gasteiger partial charge in [-0.1, -0.05) is 32.0 Å². The largest absolute Gasteiger partial charge is 0.506 e. The molecule has 3 heteroatoms. The third-order valence-electron chi connectivity index (χ3n) is 3.30. The van der Waals surface area contributed by atoms with E-state index in [0.29, 0.717) is 11.6 Å². The second kappa shape index (κ2) is 5.87. The van der Waals surface area contributed by atoms with Gasteiger partial charge in [0.05, 0.1) is 5.69 Å². The Morgan fingerprint density at radius 2 is 1.60 bits per heavy atom. The highest BCUT2D eigenvalue weighted by atomic mass is 16.3. The number of phenolic OH excluding ortho intramolecular Hbond substituents is 1. The van der Waals surface area contributed by atoms with Gasteiger partial charge in [-0.15, -0.1) is 5.11 Å². The van der Waals surface area contributed by atoms with E-state index < -0.39 is 0 Å². The summed E-state index contributed by atoms with van der Waals surface area (Å²) in [5.74, 6) is 0.550. The molecule has 2 aromatic rings. The highest BCUT2D eigenvalue weighted by Crippen LogP contribution is 2.32. The SMILES string of the molecule is Cc1ccc(C)c(N=Nc2cc(C(C)C)ccc2O)c1. The van der Waals surface area contributed by atoms with Gasteiger partial charge < -0.3 is 5.11 Å². The first-order chi connectivity index (χ1) is 9.47. The Morgan fingerprint density at radius 3 is 2.30 bits per heavy atom. The Bertz CT molecular complexity index is 645. The van der Waals surface area contributed by atoms with Gasteiger partial charge in [0.15, 0.2) is 0 Å². The van der Waals surface area contributed by atoms with Gasteiger partial charge in [0.25, 0.3) is 0 Å². The fraction of sp³-hybridized carbons (Fsp3) is 0.294. The van der Waals surface area contributed by atoms with E-state index in [0.717, 1.165) is 22.4 Å². The van der Waals surface area contributed by atoms with Crippen molar-refractivity contribution in [2.75, 3.05) is 0 Å². The summed E-state index contributed by atoms with van der Waals surface area (Å²) in [6.07, 6.45) is 0. The van der Waals surface area contributed by atoms with Gasteiger partial charge in [-0.25, -0.2) is 0 Å². The minimum atomic E-state index is 0.156. The summed E-state index contributed by atoms with van der Waals surface area (Å²) in [6.45, 7) is 8.24. The minimum Gasteiger partial charge on any atom is -0.506 e. The molecule has 1 N–H and O–H groups in total. The Hall–Kier alpha value is -2.16. The van der Waals surface area contributed by atoms with E-state index in [4.69, 9.17) is 0 Å². The lowest BCUT2D eigenvalue weighted by molar-refractivity contribution is 0.476. The van der Waals surface area contributed by atoms with Gasteiger partial charge in [-0.2, -0.15) is 5.11 Å². The predicted octanol–water partition coefficient (Wildman–Crippen LogP) is 5.55. The number of hydrogen-bond donors (Lipinski definition) is 1. The van der Waals surface area contributed by atoms with Crippen LogP contribution in [0.25, 0.3) is 0 Å². The van der Waals surface area contributed by atoms with Crippen LogP contribution in [0, 0.1) is 13.8 Å². The predicted molar refractivity (Wildman–Crippen MR) is 82.3 cm³/mol. The lowest BCUT2D eigenvalue weighted by Crippen LogP contribution is -1.85. The van der Waals surface area contributed by atoms with Gasteiger partial charge in [0.2, 0.25) is 0 Å². The number of aromatic hydroxyl groups is 1. The van der Waals surface area contributed by atoms with E-state index >= 15 is 0 Å². The monoisotopic (exact) mass is 268 g/mol. The molecule has 3 nitrogen and oxygen atoms in total. The average molecular weight is 268 g/mol. The van der Waals surface area contributed by atoms with E-state index in [-0.39, 0.29) is 5.75 Å². The molecule has 0 saturated carbocycles. The van der Waals surface area contributed by atoms with Crippen LogP contribution in [0.3, 0.4) is 0 Å². The van der Waals surface area contributed by atoms with E-state index in [2.05, 4.69) is 24.1 Å². The molecular formula is C17H20N2O. The third kappa shape index (κ3) is 3.23. The topological polar surface area (TPSA) is 45.0 Å². The lowest BCUT2D eigenvalue weighted by Gasteiger charge is -2.07. The van der Waals surface area contributed by atoms with Crippen LogP contribution in [-0.2, 0) is 0 Å². The molecule has 104 valence electrons. The zero-order chi connectivity index (χ0) is 14.7. The molecule has 0 aliphatic carbocycles. The van der Waals surface area contributed by atoms with Crippen LogP contribution in [0.5, 0.6) is 5.75 Å². The highest BCUT2D eigenvalue weighted by Gasteiger charge is 2.05. The highest BCUT2D eigenvalue weighted by molar-refractivity contribution is 5.54. The van der Waals surface area contributed by atoms with Crippen LogP contribution in [0.1, 0.15) is 36.5 Å². The standard InChI is InChI=1S/C17H20N2O/c1-11(2)14-7-8-17(20)16(10-14)19-18-15-9-12(3)5-6-13(15)4/h5-11,20H,1-4H3. The molecule has 0 aliphatic rings. The molecule has 0 aromatic heterocycles. The van der Waals surface area contributed by atoms with E-state index in [1.165, 1.54) is 0 Å². The summed E-state index contributed by atoms with van der Waals surface area (Å²) < 4.78 is 0. The maximum absolute atomic E-state index is 9.86. The van der Waals surface area contributed by atoms with Gasteiger partial charge >= 0.3 is 0 Å². The van der Waals surface area contributed by atoms with Crippen molar-refractivity contribution in [3.8, 4) is 5.75 Å². The summed E-state index contributed by atoms with van der Waals surface area (Å²) in [7, 11) is 0. The van der Waals surface area contributed by atoms with Gasteiger partial charge in [0, 0.05) is 0 Å². The summed E-state index contributed by atoms with van der Waals surface area (Å²) in [6, 6.07) is 11.5. The second-order valence-electron chi connectivity index (χ2n) is 5.39. The molecule has 0 radical (unpaired) electrons. The first-order valence-electron chi connectivity index (χ1n) is 6.79. The van der Waals surface area contributed by atoms with Crippen molar-refractivity contribution in [1.82, 2.24) is 0 Å². The van der Waals surface area contributed by atoms with Crippen molar-refractivity contribution in [3.05, 3.63) is 53.1 Å². The minimum absolute atomic E-state index is 0.156. The summed E-state index contributed by atoms with van der Waals surface area (Å²) in [5.41, 5.74) is 4.69. The molecule has 0 atom stereocenters. The number of nitrogens with zero attached hydrogens (tertiary/aromatic N) is 2. The molecule has 2 rings (SSSR count). The molecule has 0 fully saturated rings. The van der Waals surface area contributed by atoms with Crippen LogP contribution in [-0.4, -0.2) is 5.11 Å². The molecule has 0 aliphatic heterocycles. The summed E-state index contributed by atoms with van der Waals surface area (Å²) in [4.78, 5) is 0. The number of hydrogen-bond acceptors (Lipinski definition) is 3. The molecule has 0 saturated heterocycles. The number of aryl methyl sites for hydroxylation is 2. The first kappa shape index (κ1) is 14.3. The van der Waals surface area contributed by atoms with E-state index in [9.17, 15) is 5.11 Å². The van der Waals surface area contributed by atoms with Crippen LogP contribution < -0.4 is 0 Å². The van der Waals surface area contributed by atoms with Gasteiger partial charge in [0.1, 0.15) is 11.4 Å². The molecule has 0 spiro atoms. The Labute approximate surface area is 120 Å². The van der Waals surface area contributed by atoms with Crippen LogP contribution in [0.15, 0.2) is 46.6 Å². The summed E-state index contributed by atoms with van der Waals surface area (Å²) >= 11 is 0. The van der Waals surface area contributed by atoms with Crippen LogP contribution in [0.2, 0.25) is 0 Å². The Morgan fingerprint density at radius 1 is 0.900 bits per heavy atom. The van der Waals surface area contributed by atoms with Crippen molar-refractivity contribution in [1.29, 1.82) is 0 Å². The lowest BCUT2D eigenvalue weighted by atomic mass is 10.0. The van der Waals surface area contributed by atoms with Crippen molar-refractivity contribution in [3.63, 3.8) is 0 Å². The molecular weight excluding hydrogens is 248 g/mol. The maximum Gasteiger partial charge on any atom is 0.143 e. The Balaban J connectivity index is 2.35. The van der Waals surface area contributed by atoms with Crippen LogP contribution in [0.4, 0.5) is 11.4 Å². The first-order valence-corrected chi connectivity index (χ1v) is 6.79. The maximum atomic E-state index is 9.86. The second-order valence-corrected chi connectivity index (χ2v) is 5.39. The van der Waals surface area contributed by atoms with E-state index in [1.807, 2.05) is 44.2 Å². The smallest absolute Gasteiger partial charge is 0.143 e. The molecule has 20 heavy (non-hydrogen) atoms. The summed E-state index contributed by atoms with van der Waals surface area (Å²) in [5, 5.41) is 18.3. The van der Waals surface area contributed by atoms with Crippen molar-refractivity contribution in [2.24, 2.45) is 10.2 Å². The zero-order valence-electron chi connectivity index (χ0n) is 12.4. The van der Waals surface area contributed by atoms with E-state index in [1.54, 1.807) is 6.07 Å². The molecule has 0 bridgehead atoms. The number of phenols is 1. The Kier molecular flexibility index (Phi) is 4.18. The molecule has 0 amide bonds. The van der Waals surface area contributed by atoms with Crippen molar-refractivity contribution < 1.29 is 5.11 Å². The number of rotatable bonds is 3. The molecule has 2 aromatic carbocycles. The van der Waals surface area contributed by atoms with Crippen molar-refractivity contribution in [2.45, 2.75) is 33.6 Å². The number of benzene rings is 2. The fourth-order valence-electron chi connectivity index (χ4n) is 1.91. The number of azo groups is 1. The van der Waals surface area contributed by atoms with Crippen molar-refractivity contribution >= 4 is 11.4 Å². The molecule has 0 unspecified atom stereocenters. The quantitative estimate of drug-likeness (QED) is 0.729. The fourth-order valence-corrected chi connectivity index (χ4v) is 1.91. The average Bonchev–Trinajstić information content (AvgIpc) is 2.41. The van der Waals surface area contributed by atoms with Gasteiger partial charge in [-0.05, 0) is 54.7 Å². The zero-order valence-corrected chi connectivity index (χ0v) is 12.4. The van der Waals surface area contributed by atoms with Crippen LogP contribution >= 0.6 is 0 Å². The third-order valence-corrected chi connectivity index (χ3v) is 3.30. The normalized spacial score (nSPS) is 11.4. The molecule has 0 heterocycles.